The maximum atomic E-state index is 11.6. The molecule has 21 heavy (non-hydrogen) atoms. The van der Waals surface area contributed by atoms with Crippen molar-refractivity contribution in [3.8, 4) is 0 Å². The van der Waals surface area contributed by atoms with E-state index in [4.69, 9.17) is 11.1 Å². The fourth-order valence-electron chi connectivity index (χ4n) is 1.99. The van der Waals surface area contributed by atoms with Crippen LogP contribution in [0.2, 0.25) is 0 Å². The van der Waals surface area contributed by atoms with Crippen LogP contribution in [0.1, 0.15) is 5.56 Å². The van der Waals surface area contributed by atoms with Gasteiger partial charge in [0.15, 0.2) is 11.5 Å². The number of benzene rings is 1. The van der Waals surface area contributed by atoms with Crippen LogP contribution in [-0.2, 0) is 0 Å². The SMILES string of the molecule is CN(c1cccc(C(=N)N)c1)c1ccc2n[nH]c(=O)n2n1. The van der Waals surface area contributed by atoms with Gasteiger partial charge in [0, 0.05) is 18.3 Å². The third kappa shape index (κ3) is 2.22. The van der Waals surface area contributed by atoms with E-state index < -0.39 is 5.69 Å². The Kier molecular flexibility index (Phi) is 2.90. The summed E-state index contributed by atoms with van der Waals surface area (Å²) in [4.78, 5) is 13.3. The number of hydrogen-bond donors (Lipinski definition) is 3. The van der Waals surface area contributed by atoms with Gasteiger partial charge in [-0.1, -0.05) is 12.1 Å². The summed E-state index contributed by atoms with van der Waals surface area (Å²) < 4.78 is 1.20. The summed E-state index contributed by atoms with van der Waals surface area (Å²) in [6.07, 6.45) is 0. The summed E-state index contributed by atoms with van der Waals surface area (Å²) in [6, 6.07) is 10.7. The maximum Gasteiger partial charge on any atom is 0.364 e. The summed E-state index contributed by atoms with van der Waals surface area (Å²) in [5.74, 6) is 0.575. The minimum absolute atomic E-state index is 0.000264. The average Bonchev–Trinajstić information content (AvgIpc) is 2.87. The Labute approximate surface area is 119 Å². The zero-order chi connectivity index (χ0) is 15.0. The van der Waals surface area contributed by atoms with E-state index >= 15 is 0 Å². The second kappa shape index (κ2) is 4.75. The topological polar surface area (TPSA) is 116 Å². The number of nitrogen functional groups attached to an aromatic ring is 1. The van der Waals surface area contributed by atoms with E-state index in [-0.39, 0.29) is 5.84 Å². The van der Waals surface area contributed by atoms with E-state index in [2.05, 4.69) is 15.3 Å². The first-order valence-corrected chi connectivity index (χ1v) is 6.19. The Morgan fingerprint density at radius 2 is 2.19 bits per heavy atom. The molecule has 3 aromatic rings. The highest BCUT2D eigenvalue weighted by Gasteiger charge is 2.09. The number of nitrogens with two attached hydrogens (primary N) is 1. The maximum absolute atomic E-state index is 11.6. The summed E-state index contributed by atoms with van der Waals surface area (Å²) in [6.45, 7) is 0. The molecule has 0 fully saturated rings. The second-order valence-corrected chi connectivity index (χ2v) is 4.51. The van der Waals surface area contributed by atoms with Crippen molar-refractivity contribution in [2.75, 3.05) is 11.9 Å². The van der Waals surface area contributed by atoms with Crippen molar-refractivity contribution in [1.82, 2.24) is 19.8 Å². The summed E-state index contributed by atoms with van der Waals surface area (Å²) in [7, 11) is 1.82. The molecule has 3 rings (SSSR count). The van der Waals surface area contributed by atoms with Crippen LogP contribution in [0.25, 0.3) is 5.65 Å². The van der Waals surface area contributed by atoms with Crippen molar-refractivity contribution in [1.29, 1.82) is 5.41 Å². The van der Waals surface area contributed by atoms with Gasteiger partial charge in [0.25, 0.3) is 0 Å². The number of nitrogens with one attached hydrogen (secondary N) is 2. The third-order valence-corrected chi connectivity index (χ3v) is 3.15. The summed E-state index contributed by atoms with van der Waals surface area (Å²) in [5, 5.41) is 17.9. The van der Waals surface area contributed by atoms with Gasteiger partial charge in [-0.3, -0.25) is 5.41 Å². The van der Waals surface area contributed by atoms with E-state index in [1.54, 1.807) is 29.2 Å². The summed E-state index contributed by atoms with van der Waals surface area (Å²) in [5.41, 5.74) is 6.99. The van der Waals surface area contributed by atoms with Gasteiger partial charge < -0.3 is 10.6 Å². The first-order chi connectivity index (χ1) is 10.1. The highest BCUT2D eigenvalue weighted by molar-refractivity contribution is 5.96. The lowest BCUT2D eigenvalue weighted by atomic mass is 10.2. The fourth-order valence-corrected chi connectivity index (χ4v) is 1.99. The Morgan fingerprint density at radius 3 is 2.95 bits per heavy atom. The predicted octanol–water partition coefficient (Wildman–Crippen LogP) is 0.470. The van der Waals surface area contributed by atoms with Crippen molar-refractivity contribution in [3.05, 3.63) is 52.4 Å². The van der Waals surface area contributed by atoms with Crippen molar-refractivity contribution in [3.63, 3.8) is 0 Å². The van der Waals surface area contributed by atoms with E-state index in [0.29, 0.717) is 17.0 Å². The van der Waals surface area contributed by atoms with Crippen LogP contribution in [-0.4, -0.2) is 32.7 Å². The normalized spacial score (nSPS) is 10.7. The zero-order valence-electron chi connectivity index (χ0n) is 11.2. The third-order valence-electron chi connectivity index (χ3n) is 3.15. The molecule has 106 valence electrons. The Balaban J connectivity index is 2.05. The van der Waals surface area contributed by atoms with Crippen LogP contribution in [0, 0.1) is 5.41 Å². The van der Waals surface area contributed by atoms with Gasteiger partial charge in [0.2, 0.25) is 0 Å². The van der Waals surface area contributed by atoms with Gasteiger partial charge in [0.1, 0.15) is 5.84 Å². The van der Waals surface area contributed by atoms with Crippen LogP contribution in [0.15, 0.2) is 41.2 Å². The molecule has 0 atom stereocenters. The van der Waals surface area contributed by atoms with Gasteiger partial charge in [-0.25, -0.2) is 9.89 Å². The lowest BCUT2D eigenvalue weighted by Crippen LogP contribution is -2.18. The molecule has 0 amide bonds. The quantitative estimate of drug-likeness (QED) is 0.477. The van der Waals surface area contributed by atoms with Gasteiger partial charge in [-0.2, -0.15) is 9.61 Å². The Bertz CT molecular complexity index is 879. The second-order valence-electron chi connectivity index (χ2n) is 4.51. The number of amidine groups is 1. The van der Waals surface area contributed by atoms with Crippen molar-refractivity contribution in [2.24, 2.45) is 5.73 Å². The molecular weight excluding hydrogens is 270 g/mol. The predicted molar refractivity (Wildman–Crippen MR) is 79.1 cm³/mol. The molecule has 2 aromatic heterocycles. The van der Waals surface area contributed by atoms with Gasteiger partial charge >= 0.3 is 5.69 Å². The molecule has 0 saturated carbocycles. The number of fused-ring (bicyclic) bond motifs is 1. The number of nitrogens with zero attached hydrogens (tertiary/aromatic N) is 4. The smallest absolute Gasteiger partial charge is 0.364 e. The first kappa shape index (κ1) is 12.9. The molecule has 8 heteroatoms. The highest BCUT2D eigenvalue weighted by atomic mass is 16.2. The Hall–Kier alpha value is -3.16. The number of H-pyrrole nitrogens is 1. The molecule has 4 N–H and O–H groups in total. The van der Waals surface area contributed by atoms with E-state index in [1.165, 1.54) is 4.52 Å². The molecule has 0 saturated heterocycles. The van der Waals surface area contributed by atoms with Crippen LogP contribution in [0.5, 0.6) is 0 Å². The van der Waals surface area contributed by atoms with Crippen LogP contribution >= 0.6 is 0 Å². The molecule has 0 unspecified atom stereocenters. The minimum Gasteiger partial charge on any atom is -0.384 e. The number of anilines is 2. The molecule has 0 aliphatic carbocycles. The molecular formula is C13H13N7O. The molecule has 2 heterocycles. The lowest BCUT2D eigenvalue weighted by molar-refractivity contribution is 0.867. The zero-order valence-corrected chi connectivity index (χ0v) is 11.2. The van der Waals surface area contributed by atoms with E-state index in [1.807, 2.05) is 19.2 Å². The monoisotopic (exact) mass is 283 g/mol. The van der Waals surface area contributed by atoms with Gasteiger partial charge in [0.05, 0.1) is 0 Å². The van der Waals surface area contributed by atoms with Crippen molar-refractivity contribution >= 4 is 23.0 Å². The van der Waals surface area contributed by atoms with E-state index in [9.17, 15) is 4.79 Å². The van der Waals surface area contributed by atoms with Gasteiger partial charge in [-0.05, 0) is 24.3 Å². The van der Waals surface area contributed by atoms with Crippen LogP contribution in [0.3, 0.4) is 0 Å². The average molecular weight is 283 g/mol. The van der Waals surface area contributed by atoms with Gasteiger partial charge in [-0.15, -0.1) is 5.10 Å². The molecule has 0 aliphatic rings. The highest BCUT2D eigenvalue weighted by Crippen LogP contribution is 2.22. The minimum atomic E-state index is -0.391. The molecule has 1 aromatic carbocycles. The van der Waals surface area contributed by atoms with Crippen molar-refractivity contribution in [2.45, 2.75) is 0 Å². The standard InChI is InChI=1S/C13H13N7O/c1-19(9-4-2-3-8(7-9)12(14)15)11-6-5-10-16-17-13(21)20(10)18-11/h2-7H,1H3,(H3,14,15)(H,17,21). The van der Waals surface area contributed by atoms with Crippen LogP contribution < -0.4 is 16.3 Å². The summed E-state index contributed by atoms with van der Waals surface area (Å²) >= 11 is 0. The van der Waals surface area contributed by atoms with E-state index in [0.717, 1.165) is 5.69 Å². The largest absolute Gasteiger partial charge is 0.384 e. The Morgan fingerprint density at radius 1 is 1.38 bits per heavy atom. The number of aromatic nitrogens is 4. The molecule has 0 spiro atoms. The lowest BCUT2D eigenvalue weighted by Gasteiger charge is -2.18. The van der Waals surface area contributed by atoms with Crippen molar-refractivity contribution < 1.29 is 0 Å². The van der Waals surface area contributed by atoms with Crippen LogP contribution in [0.4, 0.5) is 11.5 Å². The number of hydrogen-bond acceptors (Lipinski definition) is 5. The molecule has 0 radical (unpaired) electrons. The number of rotatable bonds is 3. The first-order valence-electron chi connectivity index (χ1n) is 6.19. The number of aromatic amines is 1. The molecule has 0 aliphatic heterocycles. The molecule has 0 bridgehead atoms. The fraction of sp³-hybridized carbons (Fsp3) is 0.0769. The molecule has 8 nitrogen and oxygen atoms in total.